The Morgan fingerprint density at radius 1 is 1.00 bits per heavy atom. The zero-order chi connectivity index (χ0) is 13.6. The molecule has 20 heavy (non-hydrogen) atoms. The fourth-order valence-electron chi connectivity index (χ4n) is 1.86. The van der Waals surface area contributed by atoms with E-state index in [0.29, 0.717) is 6.61 Å². The summed E-state index contributed by atoms with van der Waals surface area (Å²) < 4.78 is 8.04. The summed E-state index contributed by atoms with van der Waals surface area (Å²) in [6.07, 6.45) is 0. The van der Waals surface area contributed by atoms with Crippen LogP contribution in [0.25, 0.3) is 10.2 Å². The van der Waals surface area contributed by atoms with Crippen molar-refractivity contribution in [3.63, 3.8) is 0 Å². The summed E-state index contributed by atoms with van der Waals surface area (Å²) in [7, 11) is 0. The highest BCUT2D eigenvalue weighted by Crippen LogP contribution is 2.29. The van der Waals surface area contributed by atoms with E-state index >= 15 is 0 Å². The Morgan fingerprint density at radius 2 is 1.80 bits per heavy atom. The molecular weight excluding hydrogens is 286 g/mol. The summed E-state index contributed by atoms with van der Waals surface area (Å²) in [5.41, 5.74) is 2.31. The molecule has 1 heterocycles. The zero-order valence-corrected chi connectivity index (χ0v) is 12.6. The molecule has 0 unspecified atom stereocenters. The van der Waals surface area contributed by atoms with Gasteiger partial charge in [0.1, 0.15) is 0 Å². The summed E-state index contributed by atoms with van der Waals surface area (Å²) in [5.74, 6) is 0.937. The van der Waals surface area contributed by atoms with Crippen molar-refractivity contribution in [2.24, 2.45) is 0 Å². The minimum absolute atomic E-state index is 0.682. The molecule has 102 valence electrons. The molecule has 0 saturated carbocycles. The van der Waals surface area contributed by atoms with Gasteiger partial charge in [-0.25, -0.2) is 4.98 Å². The van der Waals surface area contributed by atoms with E-state index in [1.165, 1.54) is 10.3 Å². The molecule has 0 fully saturated rings. The Morgan fingerprint density at radius 3 is 2.65 bits per heavy atom. The third kappa shape index (κ3) is 3.60. The number of ether oxygens (including phenoxy) is 1. The molecule has 0 saturated heterocycles. The Kier molecular flexibility index (Phi) is 4.69. The maximum Gasteiger partial charge on any atom is 0.151 e. The van der Waals surface area contributed by atoms with Crippen LogP contribution in [0, 0.1) is 0 Å². The number of benzene rings is 2. The van der Waals surface area contributed by atoms with Crippen LogP contribution in [0.4, 0.5) is 0 Å². The average Bonchev–Trinajstić information content (AvgIpc) is 2.90. The molecule has 0 radical (unpaired) electrons. The first-order valence-corrected chi connectivity index (χ1v) is 8.32. The summed E-state index contributed by atoms with van der Waals surface area (Å²) in [6, 6.07) is 18.5. The van der Waals surface area contributed by atoms with E-state index in [1.807, 2.05) is 24.3 Å². The summed E-state index contributed by atoms with van der Waals surface area (Å²) in [5, 5.41) is 0. The number of hydrogen-bond acceptors (Lipinski definition) is 4. The van der Waals surface area contributed by atoms with Crippen LogP contribution in [-0.4, -0.2) is 17.3 Å². The molecule has 2 aromatic carbocycles. The molecule has 2 nitrogen and oxygen atoms in total. The van der Waals surface area contributed by atoms with E-state index in [9.17, 15) is 0 Å². The van der Waals surface area contributed by atoms with Crippen LogP contribution < -0.4 is 0 Å². The van der Waals surface area contributed by atoms with Gasteiger partial charge < -0.3 is 4.74 Å². The molecule has 0 aliphatic heterocycles. The van der Waals surface area contributed by atoms with E-state index < -0.39 is 0 Å². The molecule has 0 spiro atoms. The monoisotopic (exact) mass is 301 g/mol. The molecular formula is C16H15NOS2. The SMILES string of the molecule is c1ccc(COCCSc2nc3ccccc3s2)cc1. The van der Waals surface area contributed by atoms with Crippen LogP contribution in [0.1, 0.15) is 5.56 Å². The normalized spacial score (nSPS) is 11.0. The lowest BCUT2D eigenvalue weighted by molar-refractivity contribution is 0.136. The van der Waals surface area contributed by atoms with Crippen LogP contribution in [0.5, 0.6) is 0 Å². The van der Waals surface area contributed by atoms with Crippen molar-refractivity contribution in [3.05, 3.63) is 60.2 Å². The Bertz CT molecular complexity index is 633. The van der Waals surface area contributed by atoms with Gasteiger partial charge in [0.2, 0.25) is 0 Å². The Labute approximate surface area is 126 Å². The Balaban J connectivity index is 1.43. The molecule has 0 atom stereocenters. The molecule has 0 amide bonds. The molecule has 4 heteroatoms. The maximum atomic E-state index is 5.67. The smallest absolute Gasteiger partial charge is 0.151 e. The first-order valence-electron chi connectivity index (χ1n) is 6.52. The molecule has 1 aromatic heterocycles. The van der Waals surface area contributed by atoms with Crippen molar-refractivity contribution in [2.75, 3.05) is 12.4 Å². The van der Waals surface area contributed by atoms with Crippen LogP contribution in [0.15, 0.2) is 58.9 Å². The minimum Gasteiger partial charge on any atom is -0.376 e. The average molecular weight is 301 g/mol. The Hall–Kier alpha value is -1.36. The second kappa shape index (κ2) is 6.88. The van der Waals surface area contributed by atoms with Gasteiger partial charge in [-0.05, 0) is 17.7 Å². The van der Waals surface area contributed by atoms with Gasteiger partial charge in [-0.3, -0.25) is 0 Å². The highest BCUT2D eigenvalue weighted by Gasteiger charge is 2.03. The standard InChI is InChI=1S/C16H15NOS2/c1-2-6-13(7-3-1)12-18-10-11-19-16-17-14-8-4-5-9-15(14)20-16/h1-9H,10-12H2. The highest BCUT2D eigenvalue weighted by molar-refractivity contribution is 8.01. The predicted octanol–water partition coefficient (Wildman–Crippen LogP) is 4.61. The van der Waals surface area contributed by atoms with E-state index in [-0.39, 0.29) is 0 Å². The van der Waals surface area contributed by atoms with Gasteiger partial charge in [-0.2, -0.15) is 0 Å². The van der Waals surface area contributed by atoms with E-state index in [2.05, 4.69) is 35.3 Å². The second-order valence-corrected chi connectivity index (χ2v) is 6.71. The zero-order valence-electron chi connectivity index (χ0n) is 11.0. The van der Waals surface area contributed by atoms with Gasteiger partial charge in [-0.1, -0.05) is 54.2 Å². The quantitative estimate of drug-likeness (QED) is 0.490. The van der Waals surface area contributed by atoms with Crippen molar-refractivity contribution in [3.8, 4) is 0 Å². The third-order valence-electron chi connectivity index (χ3n) is 2.84. The lowest BCUT2D eigenvalue weighted by Gasteiger charge is -2.02. The third-order valence-corrected chi connectivity index (χ3v) is 4.98. The maximum absolute atomic E-state index is 5.67. The van der Waals surface area contributed by atoms with Crippen molar-refractivity contribution in [1.29, 1.82) is 0 Å². The summed E-state index contributed by atoms with van der Waals surface area (Å²) in [4.78, 5) is 4.59. The van der Waals surface area contributed by atoms with Gasteiger partial charge in [0.25, 0.3) is 0 Å². The van der Waals surface area contributed by atoms with Crippen LogP contribution in [0.2, 0.25) is 0 Å². The number of thioether (sulfide) groups is 1. The van der Waals surface area contributed by atoms with Crippen LogP contribution >= 0.6 is 23.1 Å². The van der Waals surface area contributed by atoms with Crippen molar-refractivity contribution in [1.82, 2.24) is 4.98 Å². The van der Waals surface area contributed by atoms with E-state index in [1.54, 1.807) is 23.1 Å². The number of nitrogens with zero attached hydrogens (tertiary/aromatic N) is 1. The molecule has 0 aliphatic carbocycles. The molecule has 3 rings (SSSR count). The fourth-order valence-corrected chi connectivity index (χ4v) is 3.86. The second-order valence-electron chi connectivity index (χ2n) is 4.33. The summed E-state index contributed by atoms with van der Waals surface area (Å²) >= 11 is 3.51. The number of para-hydroxylation sites is 1. The summed E-state index contributed by atoms with van der Waals surface area (Å²) in [6.45, 7) is 1.43. The topological polar surface area (TPSA) is 22.1 Å². The largest absolute Gasteiger partial charge is 0.376 e. The number of hydrogen-bond donors (Lipinski definition) is 0. The number of thiazole rings is 1. The van der Waals surface area contributed by atoms with Gasteiger partial charge in [0.15, 0.2) is 4.34 Å². The number of aromatic nitrogens is 1. The van der Waals surface area contributed by atoms with Crippen LogP contribution in [-0.2, 0) is 11.3 Å². The molecule has 0 bridgehead atoms. The lowest BCUT2D eigenvalue weighted by atomic mass is 10.2. The molecule has 3 aromatic rings. The van der Waals surface area contributed by atoms with Gasteiger partial charge >= 0.3 is 0 Å². The van der Waals surface area contributed by atoms with Crippen LogP contribution in [0.3, 0.4) is 0 Å². The molecule has 0 aliphatic rings. The van der Waals surface area contributed by atoms with Crippen molar-refractivity contribution in [2.45, 2.75) is 10.9 Å². The number of fused-ring (bicyclic) bond motifs is 1. The van der Waals surface area contributed by atoms with E-state index in [0.717, 1.165) is 22.2 Å². The first kappa shape index (κ1) is 13.6. The minimum atomic E-state index is 0.682. The van der Waals surface area contributed by atoms with Crippen molar-refractivity contribution < 1.29 is 4.74 Å². The fraction of sp³-hybridized carbons (Fsp3) is 0.188. The van der Waals surface area contributed by atoms with Crippen molar-refractivity contribution >= 4 is 33.3 Å². The molecule has 0 N–H and O–H groups in total. The van der Waals surface area contributed by atoms with E-state index in [4.69, 9.17) is 4.74 Å². The van der Waals surface area contributed by atoms with Gasteiger partial charge in [0.05, 0.1) is 23.4 Å². The number of rotatable bonds is 6. The van der Waals surface area contributed by atoms with Gasteiger partial charge in [-0.15, -0.1) is 11.3 Å². The highest BCUT2D eigenvalue weighted by atomic mass is 32.2. The predicted molar refractivity (Wildman–Crippen MR) is 86.4 cm³/mol. The lowest BCUT2D eigenvalue weighted by Crippen LogP contribution is -1.97. The van der Waals surface area contributed by atoms with Gasteiger partial charge in [0, 0.05) is 5.75 Å². The first-order chi connectivity index (χ1) is 9.92.